The first-order valence-corrected chi connectivity index (χ1v) is 9.57. The van der Waals surface area contributed by atoms with Crippen molar-refractivity contribution in [2.24, 2.45) is 5.41 Å². The van der Waals surface area contributed by atoms with Crippen LogP contribution >= 0.6 is 11.6 Å². The molecule has 0 amide bonds. The highest BCUT2D eigenvalue weighted by molar-refractivity contribution is 7.85. The van der Waals surface area contributed by atoms with E-state index in [9.17, 15) is 8.42 Å². The summed E-state index contributed by atoms with van der Waals surface area (Å²) >= 11 is 5.93. The molecule has 0 unspecified atom stereocenters. The van der Waals surface area contributed by atoms with Gasteiger partial charge in [0, 0.05) is 5.02 Å². The molecule has 1 aromatic rings. The van der Waals surface area contributed by atoms with Gasteiger partial charge in [0.1, 0.15) is 0 Å². The smallest absolute Gasteiger partial charge is 0.264 e. The van der Waals surface area contributed by atoms with E-state index in [0.717, 1.165) is 24.3 Å². The van der Waals surface area contributed by atoms with E-state index >= 15 is 0 Å². The molecular formula is C16H23ClO3S. The summed E-state index contributed by atoms with van der Waals surface area (Å²) in [6.45, 7) is 0. The maximum absolute atomic E-state index is 10.8. The van der Waals surface area contributed by atoms with Crippen LogP contribution in [-0.2, 0) is 16.5 Å². The second-order valence-electron chi connectivity index (χ2n) is 6.25. The average molecular weight is 331 g/mol. The summed E-state index contributed by atoms with van der Waals surface area (Å²) in [4.78, 5) is 0. The Morgan fingerprint density at radius 2 is 1.71 bits per heavy atom. The van der Waals surface area contributed by atoms with Crippen molar-refractivity contribution in [3.63, 3.8) is 0 Å². The van der Waals surface area contributed by atoms with Crippen LogP contribution in [0.15, 0.2) is 24.3 Å². The molecule has 0 bridgehead atoms. The molecule has 0 aliphatic heterocycles. The van der Waals surface area contributed by atoms with E-state index in [2.05, 4.69) is 12.1 Å². The van der Waals surface area contributed by atoms with Crippen LogP contribution in [0.2, 0.25) is 5.02 Å². The molecule has 21 heavy (non-hydrogen) atoms. The van der Waals surface area contributed by atoms with Crippen LogP contribution < -0.4 is 0 Å². The van der Waals surface area contributed by atoms with E-state index in [1.807, 2.05) is 12.1 Å². The fourth-order valence-electron chi connectivity index (χ4n) is 3.46. The summed E-state index contributed by atoms with van der Waals surface area (Å²) in [5, 5.41) is 0.757. The average Bonchev–Trinajstić information content (AvgIpc) is 2.86. The number of benzene rings is 1. The Labute approximate surface area is 132 Å². The molecule has 0 saturated heterocycles. The number of rotatable bonds is 7. The predicted molar refractivity (Wildman–Crippen MR) is 86.3 cm³/mol. The van der Waals surface area contributed by atoms with Gasteiger partial charge in [-0.1, -0.05) is 43.0 Å². The quantitative estimate of drug-likeness (QED) is 0.591. The van der Waals surface area contributed by atoms with Crippen LogP contribution in [0.4, 0.5) is 0 Å². The van der Waals surface area contributed by atoms with Crippen molar-refractivity contribution in [1.29, 1.82) is 0 Å². The predicted octanol–water partition coefficient (Wildman–Crippen LogP) is 4.50. The van der Waals surface area contributed by atoms with Crippen molar-refractivity contribution < 1.29 is 13.0 Å². The number of hydrogen-bond acceptors (Lipinski definition) is 2. The molecular weight excluding hydrogens is 308 g/mol. The molecule has 5 heteroatoms. The van der Waals surface area contributed by atoms with Gasteiger partial charge in [0.2, 0.25) is 0 Å². The Bertz CT molecular complexity index is 545. The topological polar surface area (TPSA) is 54.4 Å². The van der Waals surface area contributed by atoms with Gasteiger partial charge in [0.05, 0.1) is 5.75 Å². The normalized spacial score (nSPS) is 18.0. The minimum absolute atomic E-state index is 0.121. The molecule has 0 atom stereocenters. The lowest BCUT2D eigenvalue weighted by atomic mass is 9.76. The molecule has 1 N–H and O–H groups in total. The highest BCUT2D eigenvalue weighted by atomic mass is 35.5. The summed E-state index contributed by atoms with van der Waals surface area (Å²) in [6.07, 6.45) is 8.40. The molecule has 1 aliphatic carbocycles. The minimum Gasteiger partial charge on any atom is -0.286 e. The summed E-state index contributed by atoms with van der Waals surface area (Å²) in [5.74, 6) is -0.121. The summed E-state index contributed by atoms with van der Waals surface area (Å²) in [6, 6.07) is 8.02. The molecule has 118 valence electrons. The van der Waals surface area contributed by atoms with E-state index < -0.39 is 10.1 Å². The van der Waals surface area contributed by atoms with E-state index in [1.54, 1.807) is 0 Å². The summed E-state index contributed by atoms with van der Waals surface area (Å²) < 4.78 is 30.3. The molecule has 2 rings (SSSR count). The van der Waals surface area contributed by atoms with Crippen molar-refractivity contribution in [2.75, 3.05) is 5.75 Å². The fourth-order valence-corrected chi connectivity index (χ4v) is 4.15. The Hall–Kier alpha value is -0.580. The van der Waals surface area contributed by atoms with Crippen LogP contribution in [0, 0.1) is 5.41 Å². The van der Waals surface area contributed by atoms with Gasteiger partial charge in [0.25, 0.3) is 10.1 Å². The van der Waals surface area contributed by atoms with Gasteiger partial charge in [0.15, 0.2) is 0 Å². The third-order valence-electron chi connectivity index (χ3n) is 4.52. The third kappa shape index (κ3) is 5.61. The van der Waals surface area contributed by atoms with Gasteiger partial charge < -0.3 is 0 Å². The van der Waals surface area contributed by atoms with E-state index in [-0.39, 0.29) is 5.75 Å². The fraction of sp³-hybridized carbons (Fsp3) is 0.625. The minimum atomic E-state index is -3.82. The Morgan fingerprint density at radius 1 is 1.10 bits per heavy atom. The van der Waals surface area contributed by atoms with Crippen molar-refractivity contribution in [2.45, 2.75) is 51.4 Å². The zero-order valence-corrected chi connectivity index (χ0v) is 13.8. The zero-order valence-electron chi connectivity index (χ0n) is 12.2. The van der Waals surface area contributed by atoms with E-state index in [4.69, 9.17) is 16.2 Å². The van der Waals surface area contributed by atoms with Crippen molar-refractivity contribution in [3.05, 3.63) is 34.9 Å². The number of halogens is 1. The van der Waals surface area contributed by atoms with Gasteiger partial charge >= 0.3 is 0 Å². The highest BCUT2D eigenvalue weighted by Crippen LogP contribution is 2.45. The maximum atomic E-state index is 10.8. The lowest BCUT2D eigenvalue weighted by Crippen LogP contribution is -2.20. The Kier molecular flexibility index (Phi) is 5.69. The first kappa shape index (κ1) is 16.8. The van der Waals surface area contributed by atoms with Crippen LogP contribution in [0.5, 0.6) is 0 Å². The van der Waals surface area contributed by atoms with E-state index in [1.165, 1.54) is 31.2 Å². The van der Waals surface area contributed by atoms with Crippen molar-refractivity contribution >= 4 is 21.7 Å². The van der Waals surface area contributed by atoms with Crippen LogP contribution in [-0.4, -0.2) is 18.7 Å². The van der Waals surface area contributed by atoms with Crippen LogP contribution in [0.1, 0.15) is 50.5 Å². The van der Waals surface area contributed by atoms with Gasteiger partial charge in [-0.2, -0.15) is 8.42 Å². The summed E-state index contributed by atoms with van der Waals surface area (Å²) in [5.41, 5.74) is 1.60. The lowest BCUT2D eigenvalue weighted by Gasteiger charge is -2.29. The van der Waals surface area contributed by atoms with Crippen LogP contribution in [0.25, 0.3) is 0 Å². The molecule has 1 fully saturated rings. The molecule has 0 spiro atoms. The number of hydrogen-bond donors (Lipinski definition) is 1. The Morgan fingerprint density at radius 3 is 2.29 bits per heavy atom. The SMILES string of the molecule is O=S(=O)(O)CCCCC1(Cc2ccc(Cl)cc2)CCCC1. The molecule has 1 saturated carbocycles. The summed E-state index contributed by atoms with van der Waals surface area (Å²) in [7, 11) is -3.82. The van der Waals surface area contributed by atoms with Crippen LogP contribution in [0.3, 0.4) is 0 Å². The molecule has 0 radical (unpaired) electrons. The van der Waals surface area contributed by atoms with Gasteiger partial charge in [-0.25, -0.2) is 0 Å². The zero-order chi connectivity index (χ0) is 15.3. The van der Waals surface area contributed by atoms with Crippen molar-refractivity contribution in [1.82, 2.24) is 0 Å². The monoisotopic (exact) mass is 330 g/mol. The second kappa shape index (κ2) is 7.12. The molecule has 0 heterocycles. The molecule has 0 aromatic heterocycles. The highest BCUT2D eigenvalue weighted by Gasteiger charge is 2.33. The van der Waals surface area contributed by atoms with E-state index in [0.29, 0.717) is 11.8 Å². The second-order valence-corrected chi connectivity index (χ2v) is 8.26. The van der Waals surface area contributed by atoms with Gasteiger partial charge in [-0.15, -0.1) is 0 Å². The standard InChI is InChI=1S/C16H23ClO3S/c17-15-7-5-14(6-8-15)13-16(9-1-2-10-16)11-3-4-12-21(18,19)20/h5-8H,1-4,9-13H2,(H,18,19,20). The molecule has 1 aromatic carbocycles. The van der Waals surface area contributed by atoms with Crippen molar-refractivity contribution in [3.8, 4) is 0 Å². The Balaban J connectivity index is 1.92. The number of unbranched alkanes of at least 4 members (excludes halogenated alkanes) is 1. The van der Waals surface area contributed by atoms with Gasteiger partial charge in [-0.05, 0) is 55.2 Å². The maximum Gasteiger partial charge on any atom is 0.264 e. The molecule has 3 nitrogen and oxygen atoms in total. The van der Waals surface area contributed by atoms with Gasteiger partial charge in [-0.3, -0.25) is 4.55 Å². The largest absolute Gasteiger partial charge is 0.286 e. The third-order valence-corrected chi connectivity index (χ3v) is 5.57. The molecule has 1 aliphatic rings. The first-order chi connectivity index (χ1) is 9.89. The lowest BCUT2D eigenvalue weighted by molar-refractivity contribution is 0.260. The first-order valence-electron chi connectivity index (χ1n) is 7.58.